The van der Waals surface area contributed by atoms with E-state index in [1.165, 1.54) is 5.56 Å². The molecule has 3 N–H and O–H groups in total. The van der Waals surface area contributed by atoms with E-state index in [-0.39, 0.29) is 24.7 Å². The standard InChI is InChI=1S/C22H28N2O3/c1-16(18-10-6-3-7-11-18)23-20-13-12-19(14-21(20)25)24-22(26)27-15-17-8-4-2-5-9-17/h2-11,16,19-21,23,25H,12-15H2,1H3,(H,24,26)/t16-,19-,20-,21-/m0/s1. The molecule has 1 aliphatic carbocycles. The molecule has 5 nitrogen and oxygen atoms in total. The summed E-state index contributed by atoms with van der Waals surface area (Å²) in [5, 5.41) is 16.9. The van der Waals surface area contributed by atoms with Gasteiger partial charge >= 0.3 is 6.09 Å². The number of benzene rings is 2. The highest BCUT2D eigenvalue weighted by molar-refractivity contribution is 5.67. The van der Waals surface area contributed by atoms with Crippen LogP contribution in [0.4, 0.5) is 4.79 Å². The van der Waals surface area contributed by atoms with E-state index in [9.17, 15) is 9.90 Å². The minimum Gasteiger partial charge on any atom is -0.445 e. The Bertz CT molecular complexity index is 708. The van der Waals surface area contributed by atoms with Crippen LogP contribution in [-0.2, 0) is 11.3 Å². The Hall–Kier alpha value is -2.37. The first-order chi connectivity index (χ1) is 13.1. The van der Waals surface area contributed by atoms with E-state index in [4.69, 9.17) is 4.74 Å². The summed E-state index contributed by atoms with van der Waals surface area (Å²) < 4.78 is 5.27. The molecule has 1 aliphatic rings. The first kappa shape index (κ1) is 19.4. The van der Waals surface area contributed by atoms with Gasteiger partial charge < -0.3 is 20.5 Å². The van der Waals surface area contributed by atoms with E-state index in [2.05, 4.69) is 29.7 Å². The van der Waals surface area contributed by atoms with Crippen LogP contribution in [-0.4, -0.2) is 29.4 Å². The van der Waals surface area contributed by atoms with Gasteiger partial charge in [-0.25, -0.2) is 4.79 Å². The third-order valence-corrected chi connectivity index (χ3v) is 5.11. The minimum absolute atomic E-state index is 0.0265. The molecule has 0 unspecified atom stereocenters. The molecular weight excluding hydrogens is 340 g/mol. The lowest BCUT2D eigenvalue weighted by molar-refractivity contribution is 0.0668. The molecule has 4 atom stereocenters. The first-order valence-corrected chi connectivity index (χ1v) is 9.58. The predicted molar refractivity (Wildman–Crippen MR) is 105 cm³/mol. The van der Waals surface area contributed by atoms with E-state index < -0.39 is 12.2 Å². The van der Waals surface area contributed by atoms with Crippen LogP contribution in [0.15, 0.2) is 60.7 Å². The SMILES string of the molecule is C[C@H](N[C@H]1CC[C@H](NC(=O)OCc2ccccc2)C[C@@H]1O)c1ccccc1. The summed E-state index contributed by atoms with van der Waals surface area (Å²) in [6.07, 6.45) is 1.22. The molecule has 0 radical (unpaired) electrons. The molecule has 0 aromatic heterocycles. The van der Waals surface area contributed by atoms with E-state index in [0.717, 1.165) is 18.4 Å². The summed E-state index contributed by atoms with van der Waals surface area (Å²) in [7, 11) is 0. The zero-order chi connectivity index (χ0) is 19.1. The quantitative estimate of drug-likeness (QED) is 0.729. The van der Waals surface area contributed by atoms with Crippen LogP contribution in [0.3, 0.4) is 0 Å². The zero-order valence-electron chi connectivity index (χ0n) is 15.7. The van der Waals surface area contributed by atoms with E-state index >= 15 is 0 Å². The molecule has 0 spiro atoms. The molecule has 0 bridgehead atoms. The summed E-state index contributed by atoms with van der Waals surface area (Å²) in [4.78, 5) is 12.0. The smallest absolute Gasteiger partial charge is 0.407 e. The van der Waals surface area contributed by atoms with Crippen molar-refractivity contribution in [3.05, 3.63) is 71.8 Å². The number of carbonyl (C=O) groups excluding carboxylic acids is 1. The topological polar surface area (TPSA) is 70.6 Å². The molecule has 1 saturated carbocycles. The minimum atomic E-state index is -0.496. The van der Waals surface area contributed by atoms with Crippen molar-refractivity contribution in [3.8, 4) is 0 Å². The summed E-state index contributed by atoms with van der Waals surface area (Å²) in [6.45, 7) is 2.36. The highest BCUT2D eigenvalue weighted by Crippen LogP contribution is 2.23. The number of aliphatic hydroxyl groups excluding tert-OH is 1. The lowest BCUT2D eigenvalue weighted by Gasteiger charge is -2.35. The van der Waals surface area contributed by atoms with Crippen LogP contribution in [0, 0.1) is 0 Å². The summed E-state index contributed by atoms with van der Waals surface area (Å²) >= 11 is 0. The van der Waals surface area contributed by atoms with Gasteiger partial charge in [-0.3, -0.25) is 0 Å². The van der Waals surface area contributed by atoms with Gasteiger partial charge in [-0.1, -0.05) is 60.7 Å². The van der Waals surface area contributed by atoms with Gasteiger partial charge in [0.05, 0.1) is 6.10 Å². The summed E-state index contributed by atoms with van der Waals surface area (Å²) in [5.74, 6) is 0. The van der Waals surface area contributed by atoms with Crippen molar-refractivity contribution < 1.29 is 14.6 Å². The molecule has 0 heterocycles. The van der Waals surface area contributed by atoms with Gasteiger partial charge in [0.2, 0.25) is 0 Å². The maximum absolute atomic E-state index is 12.0. The Morgan fingerprint density at radius 2 is 1.78 bits per heavy atom. The molecule has 3 rings (SSSR count). The van der Waals surface area contributed by atoms with Gasteiger partial charge in [-0.15, -0.1) is 0 Å². The van der Waals surface area contributed by atoms with Crippen molar-refractivity contribution in [2.75, 3.05) is 0 Å². The Morgan fingerprint density at radius 3 is 2.44 bits per heavy atom. The van der Waals surface area contributed by atoms with Crippen LogP contribution >= 0.6 is 0 Å². The van der Waals surface area contributed by atoms with Gasteiger partial charge in [0.15, 0.2) is 0 Å². The van der Waals surface area contributed by atoms with Crippen molar-refractivity contribution in [3.63, 3.8) is 0 Å². The van der Waals surface area contributed by atoms with Crippen LogP contribution in [0.25, 0.3) is 0 Å². The van der Waals surface area contributed by atoms with Crippen LogP contribution < -0.4 is 10.6 Å². The molecule has 27 heavy (non-hydrogen) atoms. The second-order valence-electron chi connectivity index (χ2n) is 7.19. The molecule has 0 aliphatic heterocycles. The third kappa shape index (κ3) is 5.81. The van der Waals surface area contributed by atoms with E-state index in [1.54, 1.807) is 0 Å². The average Bonchev–Trinajstić information content (AvgIpc) is 2.70. The Balaban J connectivity index is 1.42. The second-order valence-corrected chi connectivity index (χ2v) is 7.19. The second kappa shape index (κ2) is 9.53. The monoisotopic (exact) mass is 368 g/mol. The van der Waals surface area contributed by atoms with Gasteiger partial charge in [0.25, 0.3) is 0 Å². The van der Waals surface area contributed by atoms with Gasteiger partial charge in [0, 0.05) is 18.1 Å². The number of hydrogen-bond donors (Lipinski definition) is 3. The third-order valence-electron chi connectivity index (χ3n) is 5.11. The maximum atomic E-state index is 12.0. The fourth-order valence-corrected chi connectivity index (χ4v) is 3.56. The molecule has 144 valence electrons. The van der Waals surface area contributed by atoms with E-state index in [1.807, 2.05) is 48.5 Å². The first-order valence-electron chi connectivity index (χ1n) is 9.58. The van der Waals surface area contributed by atoms with Gasteiger partial charge in [0.1, 0.15) is 6.61 Å². The lowest BCUT2D eigenvalue weighted by atomic mass is 9.88. The number of amides is 1. The molecular formula is C22H28N2O3. The average molecular weight is 368 g/mol. The van der Waals surface area contributed by atoms with Crippen molar-refractivity contribution in [1.29, 1.82) is 0 Å². The maximum Gasteiger partial charge on any atom is 0.407 e. The highest BCUT2D eigenvalue weighted by Gasteiger charge is 2.31. The number of aliphatic hydroxyl groups is 1. The number of carbonyl (C=O) groups is 1. The normalized spacial score (nSPS) is 23.4. The van der Waals surface area contributed by atoms with Gasteiger partial charge in [-0.05, 0) is 37.3 Å². The van der Waals surface area contributed by atoms with Crippen molar-refractivity contribution in [1.82, 2.24) is 10.6 Å². The highest BCUT2D eigenvalue weighted by atomic mass is 16.5. The fraction of sp³-hybridized carbons (Fsp3) is 0.409. The number of ether oxygens (including phenoxy) is 1. The Morgan fingerprint density at radius 1 is 1.11 bits per heavy atom. The molecule has 1 amide bonds. The van der Waals surface area contributed by atoms with E-state index in [0.29, 0.717) is 6.42 Å². The summed E-state index contributed by atoms with van der Waals surface area (Å²) in [6, 6.07) is 19.9. The van der Waals surface area contributed by atoms with Crippen molar-refractivity contribution in [2.24, 2.45) is 0 Å². The molecule has 0 saturated heterocycles. The van der Waals surface area contributed by atoms with Crippen LogP contribution in [0.5, 0.6) is 0 Å². The van der Waals surface area contributed by atoms with Crippen LogP contribution in [0.2, 0.25) is 0 Å². The molecule has 5 heteroatoms. The van der Waals surface area contributed by atoms with Gasteiger partial charge in [-0.2, -0.15) is 0 Å². The summed E-state index contributed by atoms with van der Waals surface area (Å²) in [5.41, 5.74) is 2.16. The lowest BCUT2D eigenvalue weighted by Crippen LogP contribution is -2.50. The zero-order valence-corrected chi connectivity index (χ0v) is 15.7. The largest absolute Gasteiger partial charge is 0.445 e. The molecule has 1 fully saturated rings. The number of rotatable bonds is 6. The molecule has 2 aromatic carbocycles. The Kier molecular flexibility index (Phi) is 6.85. The number of nitrogens with one attached hydrogen (secondary N) is 2. The number of hydrogen-bond acceptors (Lipinski definition) is 4. The molecule has 2 aromatic rings. The van der Waals surface area contributed by atoms with Crippen LogP contribution in [0.1, 0.15) is 43.4 Å². The number of alkyl carbamates (subject to hydrolysis) is 1. The predicted octanol–water partition coefficient (Wildman–Crippen LogP) is 3.55. The van der Waals surface area contributed by atoms with Crippen molar-refractivity contribution in [2.45, 2.75) is 57.0 Å². The van der Waals surface area contributed by atoms with Crippen molar-refractivity contribution >= 4 is 6.09 Å². The Labute approximate surface area is 160 Å². The fourth-order valence-electron chi connectivity index (χ4n) is 3.56.